The van der Waals surface area contributed by atoms with Crippen LogP contribution in [-0.2, 0) is 0 Å². The maximum Gasteiger partial charge on any atom is 0.114 e. The third kappa shape index (κ3) is 2.32. The van der Waals surface area contributed by atoms with E-state index in [4.69, 9.17) is 11.0 Å². The molecular formula is C12H21N3. The van der Waals surface area contributed by atoms with Crippen molar-refractivity contribution in [2.45, 2.75) is 50.6 Å². The quantitative estimate of drug-likeness (QED) is 0.746. The Bertz CT molecular complexity index is 267. The van der Waals surface area contributed by atoms with E-state index in [1.165, 1.54) is 32.1 Å². The van der Waals surface area contributed by atoms with Gasteiger partial charge in [0.25, 0.3) is 0 Å². The van der Waals surface area contributed by atoms with Gasteiger partial charge < -0.3 is 5.73 Å². The van der Waals surface area contributed by atoms with Crippen molar-refractivity contribution in [3.8, 4) is 6.07 Å². The van der Waals surface area contributed by atoms with Crippen molar-refractivity contribution in [2.75, 3.05) is 13.1 Å². The minimum atomic E-state index is -0.674. The van der Waals surface area contributed by atoms with Crippen LogP contribution in [0.5, 0.6) is 0 Å². The van der Waals surface area contributed by atoms with Crippen LogP contribution in [0.3, 0.4) is 0 Å². The molecule has 3 heteroatoms. The first-order chi connectivity index (χ1) is 7.12. The minimum Gasteiger partial charge on any atom is -0.313 e. The highest BCUT2D eigenvalue weighted by Crippen LogP contribution is 2.36. The Kier molecular flexibility index (Phi) is 2.99. The molecule has 3 unspecified atom stereocenters. The van der Waals surface area contributed by atoms with Gasteiger partial charge in [-0.15, -0.1) is 0 Å². The number of hydrogen-bond acceptors (Lipinski definition) is 3. The molecule has 1 aliphatic carbocycles. The van der Waals surface area contributed by atoms with Gasteiger partial charge in [0.15, 0.2) is 0 Å². The maximum absolute atomic E-state index is 8.95. The van der Waals surface area contributed by atoms with Crippen LogP contribution >= 0.6 is 0 Å². The summed E-state index contributed by atoms with van der Waals surface area (Å²) in [5, 5.41) is 8.95. The highest BCUT2D eigenvalue weighted by Gasteiger charge is 2.37. The fraction of sp³-hybridized carbons (Fsp3) is 0.917. The molecular weight excluding hydrogens is 186 g/mol. The van der Waals surface area contributed by atoms with Crippen LogP contribution in [0.15, 0.2) is 0 Å². The standard InChI is InChI=1S/C12H21N3/c1-12(14,8-13)9-15-7-6-10-4-2-3-5-11(10)15/h10-11H,2-7,9,14H2,1H3. The van der Waals surface area contributed by atoms with E-state index in [0.29, 0.717) is 0 Å². The highest BCUT2D eigenvalue weighted by atomic mass is 15.2. The Hall–Kier alpha value is -0.590. The first-order valence-electron chi connectivity index (χ1n) is 6.06. The lowest BCUT2D eigenvalue weighted by Gasteiger charge is -2.34. The van der Waals surface area contributed by atoms with Gasteiger partial charge in [-0.1, -0.05) is 12.8 Å². The number of fused-ring (bicyclic) bond motifs is 1. The van der Waals surface area contributed by atoms with E-state index >= 15 is 0 Å². The molecule has 0 radical (unpaired) electrons. The Labute approximate surface area is 92.2 Å². The second kappa shape index (κ2) is 4.11. The third-order valence-electron chi connectivity index (χ3n) is 3.91. The van der Waals surface area contributed by atoms with Crippen molar-refractivity contribution in [2.24, 2.45) is 11.7 Å². The number of hydrogen-bond donors (Lipinski definition) is 1. The van der Waals surface area contributed by atoms with E-state index in [1.54, 1.807) is 0 Å². The molecule has 1 heterocycles. The summed E-state index contributed by atoms with van der Waals surface area (Å²) < 4.78 is 0. The van der Waals surface area contributed by atoms with Gasteiger partial charge in [0.1, 0.15) is 5.54 Å². The maximum atomic E-state index is 8.95. The Morgan fingerprint density at radius 1 is 1.40 bits per heavy atom. The Morgan fingerprint density at radius 3 is 2.87 bits per heavy atom. The fourth-order valence-electron chi connectivity index (χ4n) is 3.16. The van der Waals surface area contributed by atoms with Crippen LogP contribution in [0.1, 0.15) is 39.0 Å². The van der Waals surface area contributed by atoms with Crippen molar-refractivity contribution in [1.29, 1.82) is 5.26 Å². The molecule has 3 nitrogen and oxygen atoms in total. The molecule has 2 N–H and O–H groups in total. The summed E-state index contributed by atoms with van der Waals surface area (Å²) in [6.45, 7) is 3.72. The molecule has 1 saturated heterocycles. The summed E-state index contributed by atoms with van der Waals surface area (Å²) in [5.74, 6) is 0.883. The largest absolute Gasteiger partial charge is 0.313 e. The zero-order valence-corrected chi connectivity index (χ0v) is 9.58. The number of nitrogens with two attached hydrogens (primary N) is 1. The molecule has 84 valence electrons. The number of rotatable bonds is 2. The van der Waals surface area contributed by atoms with E-state index in [9.17, 15) is 0 Å². The molecule has 2 fully saturated rings. The number of nitriles is 1. The van der Waals surface area contributed by atoms with Gasteiger partial charge in [-0.3, -0.25) is 4.90 Å². The molecule has 0 aromatic rings. The van der Waals surface area contributed by atoms with E-state index < -0.39 is 5.54 Å². The normalized spacial score (nSPS) is 35.5. The molecule has 1 saturated carbocycles. The van der Waals surface area contributed by atoms with E-state index in [2.05, 4.69) is 11.0 Å². The summed E-state index contributed by atoms with van der Waals surface area (Å²) in [7, 11) is 0. The summed E-state index contributed by atoms with van der Waals surface area (Å²) >= 11 is 0. The lowest BCUT2D eigenvalue weighted by molar-refractivity contribution is 0.165. The molecule has 2 rings (SSSR count). The topological polar surface area (TPSA) is 53.1 Å². The summed E-state index contributed by atoms with van der Waals surface area (Å²) in [5.41, 5.74) is 5.24. The van der Waals surface area contributed by atoms with Crippen LogP contribution in [0.2, 0.25) is 0 Å². The van der Waals surface area contributed by atoms with Crippen molar-refractivity contribution in [3.63, 3.8) is 0 Å². The monoisotopic (exact) mass is 207 g/mol. The average molecular weight is 207 g/mol. The van der Waals surface area contributed by atoms with Gasteiger partial charge in [0, 0.05) is 12.6 Å². The van der Waals surface area contributed by atoms with Crippen LogP contribution in [0.4, 0.5) is 0 Å². The second-order valence-electron chi connectivity index (χ2n) is 5.40. The first kappa shape index (κ1) is 10.9. The molecule has 1 aliphatic heterocycles. The molecule has 0 aromatic carbocycles. The molecule has 0 bridgehead atoms. The van der Waals surface area contributed by atoms with E-state index in [-0.39, 0.29) is 0 Å². The van der Waals surface area contributed by atoms with Crippen LogP contribution < -0.4 is 5.73 Å². The molecule has 15 heavy (non-hydrogen) atoms. The number of likely N-dealkylation sites (tertiary alicyclic amines) is 1. The predicted molar refractivity (Wildman–Crippen MR) is 60.1 cm³/mol. The van der Waals surface area contributed by atoms with Crippen LogP contribution in [0, 0.1) is 17.2 Å². The molecule has 0 spiro atoms. The Balaban J connectivity index is 1.97. The number of nitrogens with zero attached hydrogens (tertiary/aromatic N) is 2. The zero-order valence-electron chi connectivity index (χ0n) is 9.58. The van der Waals surface area contributed by atoms with E-state index in [0.717, 1.165) is 25.0 Å². The summed E-state index contributed by atoms with van der Waals surface area (Å²) in [6.07, 6.45) is 6.76. The molecule has 3 atom stereocenters. The van der Waals surface area contributed by atoms with Crippen LogP contribution in [0.25, 0.3) is 0 Å². The van der Waals surface area contributed by atoms with Gasteiger partial charge in [0.05, 0.1) is 6.07 Å². The second-order valence-corrected chi connectivity index (χ2v) is 5.40. The third-order valence-corrected chi connectivity index (χ3v) is 3.91. The smallest absolute Gasteiger partial charge is 0.114 e. The van der Waals surface area contributed by atoms with Gasteiger partial charge >= 0.3 is 0 Å². The molecule has 0 aromatic heterocycles. The van der Waals surface area contributed by atoms with Crippen molar-refractivity contribution in [1.82, 2.24) is 4.90 Å². The lowest BCUT2D eigenvalue weighted by atomic mass is 9.85. The molecule has 2 aliphatic rings. The van der Waals surface area contributed by atoms with Gasteiger partial charge in [0.2, 0.25) is 0 Å². The predicted octanol–water partition coefficient (Wildman–Crippen LogP) is 1.49. The Morgan fingerprint density at radius 2 is 2.13 bits per heavy atom. The minimum absolute atomic E-state index is 0.674. The van der Waals surface area contributed by atoms with Gasteiger partial charge in [-0.25, -0.2) is 0 Å². The SMILES string of the molecule is CC(N)(C#N)CN1CCC2CCCCC21. The van der Waals surface area contributed by atoms with Crippen molar-refractivity contribution in [3.05, 3.63) is 0 Å². The average Bonchev–Trinajstić information content (AvgIpc) is 2.62. The lowest BCUT2D eigenvalue weighted by Crippen LogP contribution is -2.49. The van der Waals surface area contributed by atoms with Crippen molar-refractivity contribution >= 4 is 0 Å². The molecule has 0 amide bonds. The first-order valence-corrected chi connectivity index (χ1v) is 6.06. The van der Waals surface area contributed by atoms with E-state index in [1.807, 2.05) is 6.92 Å². The van der Waals surface area contributed by atoms with Gasteiger partial charge in [-0.2, -0.15) is 5.26 Å². The summed E-state index contributed by atoms with van der Waals surface area (Å²) in [4.78, 5) is 2.45. The van der Waals surface area contributed by atoms with Crippen LogP contribution in [-0.4, -0.2) is 29.6 Å². The van der Waals surface area contributed by atoms with Crippen molar-refractivity contribution < 1.29 is 0 Å². The summed E-state index contributed by atoms with van der Waals surface area (Å²) in [6, 6.07) is 2.92. The highest BCUT2D eigenvalue weighted by molar-refractivity contribution is 5.05. The van der Waals surface area contributed by atoms with Gasteiger partial charge in [-0.05, 0) is 38.6 Å². The fourth-order valence-corrected chi connectivity index (χ4v) is 3.16. The zero-order chi connectivity index (χ0) is 10.9.